The number of aromatic nitrogens is 1. The van der Waals surface area contributed by atoms with E-state index >= 15 is 0 Å². The van der Waals surface area contributed by atoms with Gasteiger partial charge in [-0.05, 0) is 60.9 Å². The van der Waals surface area contributed by atoms with Gasteiger partial charge in [0.05, 0.1) is 6.04 Å². The van der Waals surface area contributed by atoms with Gasteiger partial charge >= 0.3 is 0 Å². The molecule has 1 heterocycles. The Bertz CT molecular complexity index is 948. The minimum Gasteiger partial charge on any atom is -0.365 e. The zero-order chi connectivity index (χ0) is 19.4. The molecule has 4 N–H and O–H groups in total. The van der Waals surface area contributed by atoms with Gasteiger partial charge in [-0.15, -0.1) is 11.8 Å². The van der Waals surface area contributed by atoms with E-state index in [1.54, 1.807) is 17.8 Å². The molecule has 2 aromatic rings. The molecule has 1 atom stereocenters. The number of fused-ring (bicyclic) bond motifs is 1. The van der Waals surface area contributed by atoms with Crippen LogP contribution >= 0.6 is 11.8 Å². The number of nitrogens with two attached hydrogens (primary N) is 1. The van der Waals surface area contributed by atoms with Crippen molar-refractivity contribution in [2.75, 3.05) is 6.26 Å². The van der Waals surface area contributed by atoms with Gasteiger partial charge in [-0.3, -0.25) is 14.4 Å². The summed E-state index contributed by atoms with van der Waals surface area (Å²) >= 11 is 1.66. The van der Waals surface area contributed by atoms with E-state index in [2.05, 4.69) is 10.3 Å². The molecule has 7 heteroatoms. The largest absolute Gasteiger partial charge is 0.365 e. The third kappa shape index (κ3) is 4.49. The molecule has 0 spiro atoms. The summed E-state index contributed by atoms with van der Waals surface area (Å²) in [6, 6.07) is 9.15. The molecule has 1 aliphatic rings. The fourth-order valence-electron chi connectivity index (χ4n) is 3.18. The van der Waals surface area contributed by atoms with E-state index in [0.29, 0.717) is 6.42 Å². The number of nitrogens with one attached hydrogen (secondary N) is 2. The molecule has 27 heavy (non-hydrogen) atoms. The minimum absolute atomic E-state index is 0.0840. The lowest BCUT2D eigenvalue weighted by atomic mass is 9.90. The number of aromatic amines is 1. The molecule has 140 valence electrons. The van der Waals surface area contributed by atoms with Crippen LogP contribution in [0.5, 0.6) is 0 Å². The summed E-state index contributed by atoms with van der Waals surface area (Å²) < 4.78 is 0. The van der Waals surface area contributed by atoms with Crippen molar-refractivity contribution in [1.82, 2.24) is 10.3 Å². The third-order valence-corrected chi connectivity index (χ3v) is 5.32. The van der Waals surface area contributed by atoms with Gasteiger partial charge in [0, 0.05) is 16.7 Å². The highest BCUT2D eigenvalue weighted by Crippen LogP contribution is 2.28. The third-order valence-electron chi connectivity index (χ3n) is 4.58. The normalized spacial score (nSPS) is 16.1. The second-order valence-corrected chi connectivity index (χ2v) is 7.25. The summed E-state index contributed by atoms with van der Waals surface area (Å²) in [5.41, 5.74) is 7.14. The first-order valence-corrected chi connectivity index (χ1v) is 9.89. The van der Waals surface area contributed by atoms with Gasteiger partial charge in [-0.2, -0.15) is 0 Å². The zero-order valence-corrected chi connectivity index (χ0v) is 15.8. The number of aryl methyl sites for hydroxylation is 1. The number of thioether (sulfide) groups is 1. The molecule has 0 bridgehead atoms. The maximum absolute atomic E-state index is 12.3. The number of H-pyrrole nitrogens is 1. The van der Waals surface area contributed by atoms with E-state index in [9.17, 15) is 14.4 Å². The molecule has 1 aromatic carbocycles. The molecular weight excluding hydrogens is 362 g/mol. The van der Waals surface area contributed by atoms with Gasteiger partial charge < -0.3 is 16.0 Å². The van der Waals surface area contributed by atoms with Crippen LogP contribution < -0.4 is 16.6 Å². The van der Waals surface area contributed by atoms with Crippen molar-refractivity contribution in [3.05, 3.63) is 69.1 Å². The molecule has 0 saturated carbocycles. The number of carbonyl (C=O) groups is 2. The first-order chi connectivity index (χ1) is 13.0. The van der Waals surface area contributed by atoms with E-state index in [1.165, 1.54) is 12.1 Å². The number of benzene rings is 1. The summed E-state index contributed by atoms with van der Waals surface area (Å²) in [5.74, 6) is -1.00. The molecule has 0 fully saturated rings. The first kappa shape index (κ1) is 19.0. The average Bonchev–Trinajstić information content (AvgIpc) is 2.66. The molecule has 3 rings (SSSR count). The van der Waals surface area contributed by atoms with Crippen molar-refractivity contribution in [3.8, 4) is 0 Å². The Morgan fingerprint density at radius 1 is 1.30 bits per heavy atom. The van der Waals surface area contributed by atoms with Crippen LogP contribution in [0.15, 0.2) is 46.1 Å². The van der Waals surface area contributed by atoms with Crippen LogP contribution in [0.2, 0.25) is 0 Å². The van der Waals surface area contributed by atoms with Crippen LogP contribution in [-0.2, 0) is 11.2 Å². The monoisotopic (exact) mass is 383 g/mol. The van der Waals surface area contributed by atoms with Gasteiger partial charge in [-0.25, -0.2) is 0 Å². The van der Waals surface area contributed by atoms with Gasteiger partial charge in [0.15, 0.2) is 0 Å². The maximum atomic E-state index is 12.3. The van der Waals surface area contributed by atoms with Crippen molar-refractivity contribution in [2.45, 2.75) is 30.2 Å². The number of rotatable bonds is 5. The van der Waals surface area contributed by atoms with Crippen LogP contribution in [0.25, 0.3) is 6.08 Å². The summed E-state index contributed by atoms with van der Waals surface area (Å²) in [4.78, 5) is 39.6. The Hall–Kier alpha value is -2.80. The molecule has 0 aliphatic heterocycles. The Morgan fingerprint density at radius 2 is 2.04 bits per heavy atom. The van der Waals surface area contributed by atoms with Crippen LogP contribution in [0, 0.1) is 0 Å². The average molecular weight is 383 g/mol. The van der Waals surface area contributed by atoms with Crippen LogP contribution in [0.1, 0.15) is 46.1 Å². The molecule has 2 amide bonds. The van der Waals surface area contributed by atoms with Crippen LogP contribution in [0.3, 0.4) is 0 Å². The molecule has 0 radical (unpaired) electrons. The second-order valence-electron chi connectivity index (χ2n) is 6.37. The van der Waals surface area contributed by atoms with Crippen molar-refractivity contribution in [1.29, 1.82) is 0 Å². The number of amides is 2. The molecule has 1 aromatic heterocycles. The van der Waals surface area contributed by atoms with Gasteiger partial charge in [0.2, 0.25) is 5.91 Å². The van der Waals surface area contributed by atoms with Crippen molar-refractivity contribution >= 4 is 29.7 Å². The lowest BCUT2D eigenvalue weighted by Gasteiger charge is -2.26. The summed E-state index contributed by atoms with van der Waals surface area (Å²) in [6.07, 6.45) is 7.53. The summed E-state index contributed by atoms with van der Waals surface area (Å²) in [5, 5.41) is 2.95. The minimum atomic E-state index is -0.775. The molecule has 1 unspecified atom stereocenters. The molecular formula is C20H21N3O3S. The van der Waals surface area contributed by atoms with E-state index in [-0.39, 0.29) is 17.5 Å². The van der Waals surface area contributed by atoms with Crippen LogP contribution in [0.4, 0.5) is 0 Å². The number of pyridine rings is 1. The molecule has 6 nitrogen and oxygen atoms in total. The second kappa shape index (κ2) is 8.26. The standard InChI is InChI=1S/C20H21N3O3S/c1-27-13-8-5-12(6-9-13)7-10-18(24)22-16-3-2-4-17-14(16)11-15(19(21)25)20(26)23-17/h5-11,16H,2-4H2,1H3,(H2,21,25)(H,22,24)(H,23,26)/b10-7+. The fraction of sp³-hybridized carbons (Fsp3) is 0.250. The SMILES string of the molecule is CSc1ccc(/C=C/C(=O)NC2CCCc3[nH]c(=O)c(C(N)=O)cc32)cc1. The quantitative estimate of drug-likeness (QED) is 0.545. The lowest BCUT2D eigenvalue weighted by Crippen LogP contribution is -2.33. The number of carbonyl (C=O) groups excluding carboxylic acids is 2. The molecule has 1 aliphatic carbocycles. The zero-order valence-electron chi connectivity index (χ0n) is 15.0. The van der Waals surface area contributed by atoms with E-state index < -0.39 is 11.5 Å². The van der Waals surface area contributed by atoms with E-state index in [0.717, 1.165) is 34.6 Å². The molecule has 0 saturated heterocycles. The Kier molecular flexibility index (Phi) is 5.81. The smallest absolute Gasteiger partial charge is 0.261 e. The predicted octanol–water partition coefficient (Wildman–Crippen LogP) is 2.40. The Labute approximate surface area is 161 Å². The maximum Gasteiger partial charge on any atom is 0.261 e. The van der Waals surface area contributed by atoms with E-state index in [1.807, 2.05) is 30.5 Å². The van der Waals surface area contributed by atoms with Crippen molar-refractivity contribution in [2.24, 2.45) is 5.73 Å². The predicted molar refractivity (Wildman–Crippen MR) is 107 cm³/mol. The summed E-state index contributed by atoms with van der Waals surface area (Å²) in [6.45, 7) is 0. The number of hydrogen-bond donors (Lipinski definition) is 3. The fourth-order valence-corrected chi connectivity index (χ4v) is 3.59. The summed E-state index contributed by atoms with van der Waals surface area (Å²) in [7, 11) is 0. The number of hydrogen-bond acceptors (Lipinski definition) is 4. The Morgan fingerprint density at radius 3 is 2.70 bits per heavy atom. The van der Waals surface area contributed by atoms with Gasteiger partial charge in [-0.1, -0.05) is 12.1 Å². The number of primary amides is 1. The first-order valence-electron chi connectivity index (χ1n) is 8.66. The van der Waals surface area contributed by atoms with Crippen LogP contribution in [-0.4, -0.2) is 23.1 Å². The van der Waals surface area contributed by atoms with Gasteiger partial charge in [0.1, 0.15) is 5.56 Å². The van der Waals surface area contributed by atoms with Crippen molar-refractivity contribution < 1.29 is 9.59 Å². The highest BCUT2D eigenvalue weighted by molar-refractivity contribution is 7.98. The topological polar surface area (TPSA) is 105 Å². The highest BCUT2D eigenvalue weighted by Gasteiger charge is 2.24. The van der Waals surface area contributed by atoms with E-state index in [4.69, 9.17) is 5.73 Å². The van der Waals surface area contributed by atoms with Gasteiger partial charge in [0.25, 0.3) is 11.5 Å². The Balaban J connectivity index is 1.75. The highest BCUT2D eigenvalue weighted by atomic mass is 32.2. The lowest BCUT2D eigenvalue weighted by molar-refractivity contribution is -0.117. The van der Waals surface area contributed by atoms with Crippen molar-refractivity contribution in [3.63, 3.8) is 0 Å².